The number of piperidine rings is 1. The first-order chi connectivity index (χ1) is 13.3. The number of para-hydroxylation sites is 1. The van der Waals surface area contributed by atoms with Gasteiger partial charge >= 0.3 is 0 Å². The molecular weight excluding hydrogens is 336 g/mol. The van der Waals surface area contributed by atoms with Crippen molar-refractivity contribution in [2.24, 2.45) is 5.92 Å². The molecule has 1 aromatic heterocycles. The number of carbonyl (C=O) groups is 1. The van der Waals surface area contributed by atoms with Gasteiger partial charge in [0.05, 0.1) is 12.2 Å². The Morgan fingerprint density at radius 1 is 1.00 bits per heavy atom. The molecule has 1 unspecified atom stereocenters. The highest BCUT2D eigenvalue weighted by Gasteiger charge is 2.32. The maximum Gasteiger partial charge on any atom is 0.223 e. The summed E-state index contributed by atoms with van der Waals surface area (Å²) in [6.07, 6.45) is 4.89. The van der Waals surface area contributed by atoms with E-state index in [2.05, 4.69) is 50.4 Å². The highest BCUT2D eigenvalue weighted by Crippen LogP contribution is 2.26. The van der Waals surface area contributed by atoms with Crippen LogP contribution in [0.2, 0.25) is 0 Å². The van der Waals surface area contributed by atoms with Gasteiger partial charge in [-0.15, -0.1) is 0 Å². The summed E-state index contributed by atoms with van der Waals surface area (Å²) in [5, 5.41) is 3.05. The summed E-state index contributed by atoms with van der Waals surface area (Å²) < 4.78 is 0. The van der Waals surface area contributed by atoms with Crippen molar-refractivity contribution in [1.29, 1.82) is 0 Å². The molecule has 0 aliphatic carbocycles. The van der Waals surface area contributed by atoms with Gasteiger partial charge in [0.2, 0.25) is 5.91 Å². The van der Waals surface area contributed by atoms with Crippen molar-refractivity contribution in [3.05, 3.63) is 60.4 Å². The molecule has 4 rings (SSSR count). The molecule has 142 valence electrons. The van der Waals surface area contributed by atoms with Crippen LogP contribution in [0, 0.1) is 5.92 Å². The molecule has 1 N–H and O–H groups in total. The third-order valence-electron chi connectivity index (χ3n) is 5.87. The molecule has 2 aromatic rings. The van der Waals surface area contributed by atoms with Crippen LogP contribution >= 0.6 is 0 Å². The van der Waals surface area contributed by atoms with Crippen molar-refractivity contribution in [1.82, 2.24) is 15.2 Å². The quantitative estimate of drug-likeness (QED) is 0.886. The molecule has 0 radical (unpaired) electrons. The number of amides is 1. The van der Waals surface area contributed by atoms with Crippen molar-refractivity contribution >= 4 is 11.6 Å². The van der Waals surface area contributed by atoms with Gasteiger partial charge in [-0.25, -0.2) is 0 Å². The Hall–Kier alpha value is -2.40. The summed E-state index contributed by atoms with van der Waals surface area (Å²) in [4.78, 5) is 21.8. The average molecular weight is 364 g/mol. The molecule has 1 aromatic carbocycles. The molecule has 1 atom stereocenters. The van der Waals surface area contributed by atoms with Gasteiger partial charge in [-0.1, -0.05) is 24.3 Å². The van der Waals surface area contributed by atoms with E-state index in [9.17, 15) is 4.79 Å². The van der Waals surface area contributed by atoms with E-state index in [4.69, 9.17) is 0 Å². The number of anilines is 1. The fraction of sp³-hybridized carbons (Fsp3) is 0.455. The number of nitrogens with zero attached hydrogens (tertiary/aromatic N) is 3. The lowest BCUT2D eigenvalue weighted by Gasteiger charge is -2.35. The van der Waals surface area contributed by atoms with Crippen molar-refractivity contribution in [2.45, 2.75) is 31.8 Å². The molecule has 0 bridgehead atoms. The molecule has 5 heteroatoms. The normalized spacial score (nSPS) is 21.3. The Balaban J connectivity index is 1.23. The third-order valence-corrected chi connectivity index (χ3v) is 5.87. The lowest BCUT2D eigenvalue weighted by molar-refractivity contribution is -0.126. The highest BCUT2D eigenvalue weighted by atomic mass is 16.1. The minimum Gasteiger partial charge on any atom is -0.370 e. The predicted octanol–water partition coefficient (Wildman–Crippen LogP) is 2.69. The molecule has 1 amide bonds. The van der Waals surface area contributed by atoms with E-state index >= 15 is 0 Å². The molecule has 2 aliphatic rings. The fourth-order valence-corrected chi connectivity index (χ4v) is 4.26. The monoisotopic (exact) mass is 364 g/mol. The second-order valence-corrected chi connectivity index (χ2v) is 7.57. The smallest absolute Gasteiger partial charge is 0.223 e. The number of benzene rings is 1. The molecule has 3 heterocycles. The predicted molar refractivity (Wildman–Crippen MR) is 107 cm³/mol. The van der Waals surface area contributed by atoms with Crippen molar-refractivity contribution in [3.8, 4) is 0 Å². The highest BCUT2D eigenvalue weighted by molar-refractivity contribution is 5.78. The fourth-order valence-electron chi connectivity index (χ4n) is 4.26. The molecular formula is C22H28N4O. The number of hydrogen-bond acceptors (Lipinski definition) is 4. The first-order valence-electron chi connectivity index (χ1n) is 10.0. The van der Waals surface area contributed by atoms with Crippen LogP contribution in [0.15, 0.2) is 54.7 Å². The van der Waals surface area contributed by atoms with E-state index in [1.54, 1.807) is 6.20 Å². The molecule has 5 nitrogen and oxygen atoms in total. The van der Waals surface area contributed by atoms with Gasteiger partial charge in [-0.05, 0) is 56.6 Å². The molecule has 2 aliphatic heterocycles. The Morgan fingerprint density at radius 3 is 2.52 bits per heavy atom. The van der Waals surface area contributed by atoms with Crippen molar-refractivity contribution in [3.63, 3.8) is 0 Å². The summed E-state index contributed by atoms with van der Waals surface area (Å²) in [5.41, 5.74) is 2.24. The molecule has 27 heavy (non-hydrogen) atoms. The number of rotatable bonds is 5. The van der Waals surface area contributed by atoms with Crippen LogP contribution in [0.5, 0.6) is 0 Å². The minimum absolute atomic E-state index is 0.136. The molecule has 2 fully saturated rings. The van der Waals surface area contributed by atoms with Gasteiger partial charge in [-0.2, -0.15) is 0 Å². The lowest BCUT2D eigenvalue weighted by Crippen LogP contribution is -2.45. The summed E-state index contributed by atoms with van der Waals surface area (Å²) in [7, 11) is 0. The topological polar surface area (TPSA) is 48.5 Å². The van der Waals surface area contributed by atoms with Crippen molar-refractivity contribution in [2.75, 3.05) is 31.1 Å². The van der Waals surface area contributed by atoms with Crippen LogP contribution in [0.1, 0.15) is 25.0 Å². The number of likely N-dealkylation sites (tertiary alicyclic amines) is 1. The van der Waals surface area contributed by atoms with Crippen LogP contribution in [-0.2, 0) is 11.3 Å². The number of hydrogen-bond donors (Lipinski definition) is 1. The Morgan fingerprint density at radius 2 is 1.78 bits per heavy atom. The molecule has 0 spiro atoms. The summed E-state index contributed by atoms with van der Waals surface area (Å²) >= 11 is 0. The minimum atomic E-state index is 0.136. The van der Waals surface area contributed by atoms with E-state index in [1.807, 2.05) is 18.2 Å². The first-order valence-corrected chi connectivity index (χ1v) is 10.0. The van der Waals surface area contributed by atoms with E-state index in [0.717, 1.165) is 44.7 Å². The van der Waals surface area contributed by atoms with Crippen LogP contribution < -0.4 is 10.2 Å². The largest absolute Gasteiger partial charge is 0.370 e. The van der Waals surface area contributed by atoms with Crippen LogP contribution in [0.3, 0.4) is 0 Å². The van der Waals surface area contributed by atoms with Gasteiger partial charge in [0.25, 0.3) is 0 Å². The summed E-state index contributed by atoms with van der Waals surface area (Å²) in [6.45, 7) is 4.79. The van der Waals surface area contributed by atoms with Gasteiger partial charge < -0.3 is 10.2 Å². The number of nitrogens with one attached hydrogen (secondary N) is 1. The van der Waals surface area contributed by atoms with Gasteiger partial charge in [-0.3, -0.25) is 14.7 Å². The van der Waals surface area contributed by atoms with E-state index < -0.39 is 0 Å². The maximum absolute atomic E-state index is 12.5. The Labute approximate surface area is 161 Å². The van der Waals surface area contributed by atoms with Gasteiger partial charge in [0.1, 0.15) is 0 Å². The Bertz CT molecular complexity index is 728. The molecule has 0 saturated carbocycles. The average Bonchev–Trinajstić information content (AvgIpc) is 3.24. The van der Waals surface area contributed by atoms with Crippen LogP contribution in [0.25, 0.3) is 0 Å². The van der Waals surface area contributed by atoms with Crippen molar-refractivity contribution < 1.29 is 4.79 Å². The first kappa shape index (κ1) is 18.0. The summed E-state index contributed by atoms with van der Waals surface area (Å²) in [5.74, 6) is 0.314. The van der Waals surface area contributed by atoms with Gasteiger partial charge in [0.15, 0.2) is 0 Å². The zero-order valence-corrected chi connectivity index (χ0v) is 15.8. The number of carbonyl (C=O) groups excluding carboxylic acids is 1. The zero-order valence-electron chi connectivity index (χ0n) is 15.8. The standard InChI is InChI=1S/C22H28N4O/c27-22(24-16-19-6-4-5-12-23-19)18-9-13-25(14-10-18)21-11-15-26(17-21)20-7-2-1-3-8-20/h1-8,12,18,21H,9-11,13-17H2,(H,24,27). The van der Waals surface area contributed by atoms with E-state index in [-0.39, 0.29) is 11.8 Å². The van der Waals surface area contributed by atoms with E-state index in [0.29, 0.717) is 12.6 Å². The van der Waals surface area contributed by atoms with Crippen LogP contribution in [-0.4, -0.2) is 48.0 Å². The summed E-state index contributed by atoms with van der Waals surface area (Å²) in [6, 6.07) is 17.1. The third kappa shape index (κ3) is 4.48. The maximum atomic E-state index is 12.5. The number of pyridine rings is 1. The SMILES string of the molecule is O=C(NCc1ccccn1)C1CCN(C2CCN(c3ccccc3)C2)CC1. The number of aromatic nitrogens is 1. The second kappa shape index (κ2) is 8.53. The second-order valence-electron chi connectivity index (χ2n) is 7.57. The zero-order chi connectivity index (χ0) is 18.5. The molecule has 2 saturated heterocycles. The lowest BCUT2D eigenvalue weighted by atomic mass is 9.94. The van der Waals surface area contributed by atoms with Gasteiger partial charge in [0, 0.05) is 36.9 Å². The van der Waals surface area contributed by atoms with E-state index in [1.165, 1.54) is 12.1 Å². The Kier molecular flexibility index (Phi) is 5.68. The van der Waals surface area contributed by atoms with Crippen LogP contribution in [0.4, 0.5) is 5.69 Å².